The number of hydrogen-bond donors (Lipinski definition) is 1. The van der Waals surface area contributed by atoms with Crippen molar-refractivity contribution in [2.75, 3.05) is 0 Å². The molecule has 43 heavy (non-hydrogen) atoms. The lowest BCUT2D eigenvalue weighted by Crippen LogP contribution is -2.23. The Morgan fingerprint density at radius 3 is 2.44 bits per heavy atom. The molecule has 0 bridgehead atoms. The van der Waals surface area contributed by atoms with Crippen LogP contribution in [0.4, 0.5) is 4.39 Å². The number of aryl methyl sites for hydroxylation is 3. The van der Waals surface area contributed by atoms with Gasteiger partial charge < -0.3 is 14.5 Å². The normalized spacial score (nSPS) is 14.2. The number of halogens is 1. The quantitative estimate of drug-likeness (QED) is 0.185. The summed E-state index contributed by atoms with van der Waals surface area (Å²) in [6.07, 6.45) is 1.04. The minimum Gasteiger partial charge on any atom is -0.457 e. The maximum atomic E-state index is 13.6. The number of pyridine rings is 1. The van der Waals surface area contributed by atoms with Crippen LogP contribution in [0, 0.1) is 18.7 Å². The second-order valence-electron chi connectivity index (χ2n) is 10.7. The van der Waals surface area contributed by atoms with Crippen molar-refractivity contribution in [1.29, 1.82) is 0 Å². The van der Waals surface area contributed by atoms with E-state index in [0.717, 1.165) is 11.1 Å². The third kappa shape index (κ3) is 5.83. The number of fused-ring (bicyclic) bond motifs is 1. The van der Waals surface area contributed by atoms with Crippen molar-refractivity contribution >= 4 is 23.2 Å². The number of benzene rings is 2. The van der Waals surface area contributed by atoms with E-state index in [2.05, 4.69) is 15.5 Å². The Morgan fingerprint density at radius 2 is 1.74 bits per heavy atom. The number of ether oxygens (including phenoxy) is 1. The second kappa shape index (κ2) is 11.9. The minimum absolute atomic E-state index is 0.0823. The highest BCUT2D eigenvalue weighted by Crippen LogP contribution is 2.45. The molecule has 0 saturated heterocycles. The first kappa shape index (κ1) is 28.4. The van der Waals surface area contributed by atoms with Crippen molar-refractivity contribution in [3.05, 3.63) is 111 Å². The maximum Gasteiger partial charge on any atom is 0.348 e. The number of aromatic nitrogens is 3. The summed E-state index contributed by atoms with van der Waals surface area (Å²) in [7, 11) is 0. The van der Waals surface area contributed by atoms with Crippen LogP contribution >= 0.6 is 11.3 Å². The van der Waals surface area contributed by atoms with Crippen molar-refractivity contribution < 1.29 is 23.1 Å². The second-order valence-corrected chi connectivity index (χ2v) is 11.8. The molecule has 0 fully saturated rings. The molecule has 8 nitrogen and oxygen atoms in total. The number of carbonyl (C=O) groups excluding carboxylic acids is 2. The van der Waals surface area contributed by atoms with Gasteiger partial charge >= 0.3 is 5.97 Å². The van der Waals surface area contributed by atoms with E-state index in [9.17, 15) is 14.0 Å². The summed E-state index contributed by atoms with van der Waals surface area (Å²) in [4.78, 5) is 32.7. The van der Waals surface area contributed by atoms with Gasteiger partial charge in [-0.2, -0.15) is 0 Å². The number of hydrogen-bond acceptors (Lipinski definition) is 8. The maximum absolute atomic E-state index is 13.6. The van der Waals surface area contributed by atoms with Crippen LogP contribution < -0.4 is 5.32 Å². The largest absolute Gasteiger partial charge is 0.457 e. The molecule has 6 rings (SSSR count). The Morgan fingerprint density at radius 1 is 0.977 bits per heavy atom. The third-order valence-electron chi connectivity index (χ3n) is 7.35. The van der Waals surface area contributed by atoms with Crippen LogP contribution in [-0.2, 0) is 24.2 Å². The van der Waals surface area contributed by atoms with E-state index in [1.54, 1.807) is 25.1 Å². The molecule has 1 amide bonds. The van der Waals surface area contributed by atoms with Crippen molar-refractivity contribution in [3.8, 4) is 21.9 Å². The van der Waals surface area contributed by atoms with Crippen LogP contribution in [0.25, 0.3) is 21.9 Å². The standard InChI is InChI=1S/C33H29FN4O4S/c1-18(2)29-30-28(31(39)36-29)27(24-15-16-25(43-24)33(40)41-17-21-7-5-4-6-8-21)26(32-38-37-19(3)42-32)23(35-30)14-11-20-9-12-22(34)13-10-20/h4-10,12-13,15-16,18,29H,11,14,17H2,1-3H3,(H,36,39)/t29-/m0/s1. The summed E-state index contributed by atoms with van der Waals surface area (Å²) in [5.41, 5.74) is 4.71. The molecule has 0 spiro atoms. The molecule has 0 saturated carbocycles. The Bertz CT molecular complexity index is 1800. The lowest BCUT2D eigenvalue weighted by Gasteiger charge is -2.18. The first-order valence-electron chi connectivity index (χ1n) is 14.0. The lowest BCUT2D eigenvalue weighted by atomic mass is 9.92. The molecule has 0 aliphatic carbocycles. The number of thiophene rings is 1. The van der Waals surface area contributed by atoms with E-state index in [1.807, 2.05) is 50.2 Å². The molecule has 218 valence electrons. The molecular formula is C33H29FN4O4S. The summed E-state index contributed by atoms with van der Waals surface area (Å²) in [5, 5.41) is 11.5. The van der Waals surface area contributed by atoms with Gasteiger partial charge in [-0.3, -0.25) is 9.78 Å². The van der Waals surface area contributed by atoms with Gasteiger partial charge in [0.1, 0.15) is 17.3 Å². The summed E-state index contributed by atoms with van der Waals surface area (Å²) >= 11 is 1.23. The third-order valence-corrected chi connectivity index (χ3v) is 8.43. The van der Waals surface area contributed by atoms with Crippen LogP contribution in [0.2, 0.25) is 0 Å². The van der Waals surface area contributed by atoms with Crippen LogP contribution in [0.3, 0.4) is 0 Å². The molecule has 0 radical (unpaired) electrons. The SMILES string of the molecule is Cc1nnc(-c2c(CCc3ccc(F)cc3)nc3c(c2-c2ccc(C(=O)OCc4ccccc4)s2)C(=O)N[C@H]3C(C)C)o1. The predicted molar refractivity (Wildman–Crippen MR) is 160 cm³/mol. The zero-order chi connectivity index (χ0) is 30.1. The van der Waals surface area contributed by atoms with Gasteiger partial charge in [0.25, 0.3) is 5.91 Å². The van der Waals surface area contributed by atoms with E-state index >= 15 is 0 Å². The highest BCUT2D eigenvalue weighted by atomic mass is 32.1. The first-order chi connectivity index (χ1) is 20.8. The van der Waals surface area contributed by atoms with Gasteiger partial charge in [-0.15, -0.1) is 21.5 Å². The molecular weight excluding hydrogens is 567 g/mol. The predicted octanol–water partition coefficient (Wildman–Crippen LogP) is 6.89. The molecule has 3 aromatic heterocycles. The van der Waals surface area contributed by atoms with Crippen molar-refractivity contribution in [1.82, 2.24) is 20.5 Å². The summed E-state index contributed by atoms with van der Waals surface area (Å²) in [5.74, 6) is -0.323. The highest BCUT2D eigenvalue weighted by Gasteiger charge is 2.38. The molecule has 4 heterocycles. The first-order valence-corrected chi connectivity index (χ1v) is 14.8. The fraction of sp³-hybridized carbons (Fsp3) is 0.242. The molecule has 1 aliphatic heterocycles. The van der Waals surface area contributed by atoms with E-state index in [1.165, 1.54) is 23.5 Å². The van der Waals surface area contributed by atoms with Crippen molar-refractivity contribution in [2.24, 2.45) is 5.92 Å². The van der Waals surface area contributed by atoms with Gasteiger partial charge in [0.15, 0.2) is 0 Å². The molecule has 5 aromatic rings. The van der Waals surface area contributed by atoms with Gasteiger partial charge in [-0.05, 0) is 54.2 Å². The Balaban J connectivity index is 1.46. The van der Waals surface area contributed by atoms with E-state index in [0.29, 0.717) is 56.6 Å². The van der Waals surface area contributed by atoms with E-state index in [-0.39, 0.29) is 36.2 Å². The molecule has 1 atom stereocenters. The highest BCUT2D eigenvalue weighted by molar-refractivity contribution is 7.17. The van der Waals surface area contributed by atoms with Gasteiger partial charge in [0.2, 0.25) is 11.8 Å². The number of carbonyl (C=O) groups is 2. The van der Waals surface area contributed by atoms with Crippen LogP contribution in [0.15, 0.2) is 71.1 Å². The van der Waals surface area contributed by atoms with Crippen LogP contribution in [-0.4, -0.2) is 27.1 Å². The Kier molecular flexibility index (Phi) is 7.86. The number of amides is 1. The number of rotatable bonds is 9. The average molecular weight is 597 g/mol. The molecule has 10 heteroatoms. The zero-order valence-corrected chi connectivity index (χ0v) is 24.7. The van der Waals surface area contributed by atoms with Crippen LogP contribution in [0.1, 0.15) is 68.3 Å². The zero-order valence-electron chi connectivity index (χ0n) is 23.9. The van der Waals surface area contributed by atoms with Crippen molar-refractivity contribution in [2.45, 2.75) is 46.3 Å². The number of esters is 1. The van der Waals surface area contributed by atoms with Gasteiger partial charge in [0, 0.05) is 17.4 Å². The molecule has 1 aliphatic rings. The number of nitrogens with zero attached hydrogens (tertiary/aromatic N) is 3. The number of nitrogens with one attached hydrogen (secondary N) is 1. The van der Waals surface area contributed by atoms with Gasteiger partial charge in [-0.25, -0.2) is 9.18 Å². The van der Waals surface area contributed by atoms with Gasteiger partial charge in [0.05, 0.1) is 28.6 Å². The molecule has 2 aromatic carbocycles. The fourth-order valence-corrected chi connectivity index (χ4v) is 6.18. The average Bonchev–Trinajstić information content (AvgIpc) is 3.74. The fourth-order valence-electron chi connectivity index (χ4n) is 5.22. The van der Waals surface area contributed by atoms with Crippen molar-refractivity contribution in [3.63, 3.8) is 0 Å². The molecule has 0 unspecified atom stereocenters. The monoisotopic (exact) mass is 596 g/mol. The Hall–Kier alpha value is -4.70. The van der Waals surface area contributed by atoms with E-state index < -0.39 is 5.97 Å². The summed E-state index contributed by atoms with van der Waals surface area (Å²) < 4.78 is 25.1. The lowest BCUT2D eigenvalue weighted by molar-refractivity contribution is 0.0478. The molecule has 1 N–H and O–H groups in total. The Labute approximate surface area is 252 Å². The summed E-state index contributed by atoms with van der Waals surface area (Å²) in [6, 6.07) is 19.0. The van der Waals surface area contributed by atoms with Gasteiger partial charge in [-0.1, -0.05) is 56.3 Å². The minimum atomic E-state index is -0.456. The summed E-state index contributed by atoms with van der Waals surface area (Å²) in [6.45, 7) is 5.90. The van der Waals surface area contributed by atoms with Crippen LogP contribution in [0.5, 0.6) is 0 Å². The van der Waals surface area contributed by atoms with E-state index in [4.69, 9.17) is 14.1 Å². The smallest absolute Gasteiger partial charge is 0.348 e. The topological polar surface area (TPSA) is 107 Å².